The van der Waals surface area contributed by atoms with Crippen LogP contribution in [0.25, 0.3) is 0 Å². The molecule has 0 bridgehead atoms. The lowest BCUT2D eigenvalue weighted by atomic mass is 10.0. The number of aryl methyl sites for hydroxylation is 1. The second kappa shape index (κ2) is 7.17. The lowest BCUT2D eigenvalue weighted by Crippen LogP contribution is -2.44. The Balaban J connectivity index is 2.20. The molecule has 1 aromatic rings. The Labute approximate surface area is 137 Å². The third-order valence-corrected chi connectivity index (χ3v) is 4.69. The zero-order valence-electron chi connectivity index (χ0n) is 14.7. The summed E-state index contributed by atoms with van der Waals surface area (Å²) >= 11 is 0. The first-order valence-electron chi connectivity index (χ1n) is 8.18. The summed E-state index contributed by atoms with van der Waals surface area (Å²) in [6, 6.07) is 0.249. The molecule has 1 N–H and O–H groups in total. The molecule has 23 heavy (non-hydrogen) atoms. The van der Waals surface area contributed by atoms with E-state index in [-0.39, 0.29) is 11.9 Å². The molecule has 0 aromatic carbocycles. The zero-order valence-corrected chi connectivity index (χ0v) is 14.7. The summed E-state index contributed by atoms with van der Waals surface area (Å²) in [7, 11) is 3.96. The van der Waals surface area contributed by atoms with Gasteiger partial charge in [0.25, 0.3) is 5.91 Å². The van der Waals surface area contributed by atoms with Crippen molar-refractivity contribution < 1.29 is 14.3 Å². The quantitative estimate of drug-likeness (QED) is 0.861. The van der Waals surface area contributed by atoms with Crippen molar-refractivity contribution in [1.82, 2.24) is 14.8 Å². The van der Waals surface area contributed by atoms with E-state index in [1.54, 1.807) is 13.8 Å². The van der Waals surface area contributed by atoms with Crippen LogP contribution in [0.15, 0.2) is 0 Å². The number of hydrogen-bond acceptors (Lipinski definition) is 4. The standard InChI is InChI=1S/C17H27N3O3/c1-6-23-17(22)15-11(2)14(12(3)18-15)16(21)20(5)13-7-9-19(4)10-8-13/h13,18H,6-10H2,1-5H3. The van der Waals surface area contributed by atoms with Gasteiger partial charge in [0.05, 0.1) is 12.2 Å². The van der Waals surface area contributed by atoms with Crippen molar-refractivity contribution in [2.75, 3.05) is 33.8 Å². The minimum atomic E-state index is -0.408. The summed E-state index contributed by atoms with van der Waals surface area (Å²) in [5, 5.41) is 0. The van der Waals surface area contributed by atoms with E-state index in [4.69, 9.17) is 4.74 Å². The van der Waals surface area contributed by atoms with Gasteiger partial charge in [-0.05, 0) is 59.3 Å². The smallest absolute Gasteiger partial charge is 0.355 e. The van der Waals surface area contributed by atoms with Gasteiger partial charge in [-0.1, -0.05) is 0 Å². The predicted molar refractivity (Wildman–Crippen MR) is 88.8 cm³/mol. The van der Waals surface area contributed by atoms with Gasteiger partial charge in [0, 0.05) is 18.8 Å². The van der Waals surface area contributed by atoms with Crippen LogP contribution < -0.4 is 0 Å². The van der Waals surface area contributed by atoms with E-state index < -0.39 is 5.97 Å². The van der Waals surface area contributed by atoms with Crippen LogP contribution in [0, 0.1) is 13.8 Å². The average Bonchev–Trinajstić information content (AvgIpc) is 2.82. The molecule has 1 amide bonds. The first-order chi connectivity index (χ1) is 10.9. The summed E-state index contributed by atoms with van der Waals surface area (Å²) in [5.74, 6) is -0.435. The maximum absolute atomic E-state index is 12.9. The van der Waals surface area contributed by atoms with Crippen LogP contribution in [0.3, 0.4) is 0 Å². The monoisotopic (exact) mass is 321 g/mol. The van der Waals surface area contributed by atoms with E-state index >= 15 is 0 Å². The fourth-order valence-corrected chi connectivity index (χ4v) is 3.20. The van der Waals surface area contributed by atoms with Gasteiger partial charge >= 0.3 is 5.97 Å². The molecule has 128 valence electrons. The van der Waals surface area contributed by atoms with Crippen molar-refractivity contribution in [1.29, 1.82) is 0 Å². The second-order valence-corrected chi connectivity index (χ2v) is 6.30. The summed E-state index contributed by atoms with van der Waals surface area (Å²) < 4.78 is 5.04. The number of aromatic nitrogens is 1. The highest BCUT2D eigenvalue weighted by atomic mass is 16.5. The van der Waals surface area contributed by atoms with E-state index in [1.165, 1.54) is 0 Å². The van der Waals surface area contributed by atoms with E-state index in [0.29, 0.717) is 23.4 Å². The van der Waals surface area contributed by atoms with Gasteiger partial charge < -0.3 is 19.5 Å². The summed E-state index contributed by atoms with van der Waals surface area (Å²) in [6.07, 6.45) is 1.96. The highest BCUT2D eigenvalue weighted by molar-refractivity contribution is 6.01. The van der Waals surface area contributed by atoms with Gasteiger partial charge in [-0.25, -0.2) is 4.79 Å². The number of esters is 1. The van der Waals surface area contributed by atoms with Gasteiger partial charge in [-0.2, -0.15) is 0 Å². The van der Waals surface area contributed by atoms with Gasteiger partial charge in [0.15, 0.2) is 0 Å². The third-order valence-electron chi connectivity index (χ3n) is 4.69. The van der Waals surface area contributed by atoms with Crippen LogP contribution >= 0.6 is 0 Å². The molecule has 2 rings (SSSR count). The number of H-pyrrole nitrogens is 1. The minimum Gasteiger partial charge on any atom is -0.461 e. The number of carbonyl (C=O) groups is 2. The third kappa shape index (κ3) is 3.58. The van der Waals surface area contributed by atoms with Crippen LogP contribution in [0.2, 0.25) is 0 Å². The highest BCUT2D eigenvalue weighted by Gasteiger charge is 2.29. The van der Waals surface area contributed by atoms with Crippen molar-refractivity contribution in [3.63, 3.8) is 0 Å². The number of amides is 1. The van der Waals surface area contributed by atoms with E-state index in [2.05, 4.69) is 16.9 Å². The van der Waals surface area contributed by atoms with Crippen molar-refractivity contribution in [3.05, 3.63) is 22.5 Å². The molecule has 0 saturated carbocycles. The van der Waals surface area contributed by atoms with Crippen LogP contribution in [-0.4, -0.2) is 66.5 Å². The van der Waals surface area contributed by atoms with Gasteiger partial charge in [0.1, 0.15) is 5.69 Å². The Morgan fingerprint density at radius 2 is 1.91 bits per heavy atom. The van der Waals surface area contributed by atoms with Crippen molar-refractivity contribution in [2.24, 2.45) is 0 Å². The number of likely N-dealkylation sites (tertiary alicyclic amines) is 1. The van der Waals surface area contributed by atoms with Crippen LogP contribution in [0.1, 0.15) is 51.9 Å². The molecule has 1 aliphatic heterocycles. The molecule has 0 atom stereocenters. The maximum atomic E-state index is 12.9. The van der Waals surface area contributed by atoms with Gasteiger partial charge in [-0.15, -0.1) is 0 Å². The van der Waals surface area contributed by atoms with E-state index in [1.807, 2.05) is 18.9 Å². The number of ether oxygens (including phenoxy) is 1. The molecular weight excluding hydrogens is 294 g/mol. The van der Waals surface area contributed by atoms with Crippen molar-refractivity contribution in [3.8, 4) is 0 Å². The fourth-order valence-electron chi connectivity index (χ4n) is 3.20. The SMILES string of the molecule is CCOC(=O)c1[nH]c(C)c(C(=O)N(C)C2CCN(C)CC2)c1C. The number of rotatable bonds is 4. The Kier molecular flexibility index (Phi) is 5.46. The normalized spacial score (nSPS) is 16.4. The van der Waals surface area contributed by atoms with E-state index in [9.17, 15) is 9.59 Å². The number of piperidine rings is 1. The molecule has 0 aliphatic carbocycles. The molecular formula is C17H27N3O3. The largest absolute Gasteiger partial charge is 0.461 e. The van der Waals surface area contributed by atoms with Gasteiger partial charge in [0.2, 0.25) is 0 Å². The first-order valence-corrected chi connectivity index (χ1v) is 8.18. The number of nitrogens with zero attached hydrogens (tertiary/aromatic N) is 2. The molecule has 0 radical (unpaired) electrons. The van der Waals surface area contributed by atoms with Crippen molar-refractivity contribution in [2.45, 2.75) is 39.7 Å². The van der Waals surface area contributed by atoms with E-state index in [0.717, 1.165) is 31.6 Å². The summed E-state index contributed by atoms with van der Waals surface area (Å²) in [4.78, 5) is 32.0. The van der Waals surface area contributed by atoms with Crippen LogP contribution in [0.5, 0.6) is 0 Å². The number of carbonyl (C=O) groups excluding carboxylic acids is 2. The maximum Gasteiger partial charge on any atom is 0.355 e. The molecule has 1 aliphatic rings. The average molecular weight is 321 g/mol. The molecule has 0 unspecified atom stereocenters. The molecule has 0 spiro atoms. The Bertz CT molecular complexity index is 586. The highest BCUT2D eigenvalue weighted by Crippen LogP contribution is 2.23. The van der Waals surface area contributed by atoms with Crippen LogP contribution in [0.4, 0.5) is 0 Å². The summed E-state index contributed by atoms with van der Waals surface area (Å²) in [6.45, 7) is 7.71. The van der Waals surface area contributed by atoms with Gasteiger partial charge in [-0.3, -0.25) is 4.79 Å². The molecule has 1 saturated heterocycles. The number of hydrogen-bond donors (Lipinski definition) is 1. The Morgan fingerprint density at radius 3 is 2.48 bits per heavy atom. The molecule has 2 heterocycles. The minimum absolute atomic E-state index is 0.0265. The number of aromatic amines is 1. The molecule has 1 fully saturated rings. The Hall–Kier alpha value is -1.82. The fraction of sp³-hybridized carbons (Fsp3) is 0.647. The number of nitrogens with one attached hydrogen (secondary N) is 1. The first kappa shape index (κ1) is 17.5. The molecule has 6 nitrogen and oxygen atoms in total. The summed E-state index contributed by atoms with van der Waals surface area (Å²) in [5.41, 5.74) is 2.36. The lowest BCUT2D eigenvalue weighted by Gasteiger charge is -2.35. The molecule has 6 heteroatoms. The lowest BCUT2D eigenvalue weighted by molar-refractivity contribution is 0.0519. The predicted octanol–water partition coefficient (Wildman–Crippen LogP) is 1.97. The topological polar surface area (TPSA) is 65.6 Å². The van der Waals surface area contributed by atoms with Crippen molar-refractivity contribution >= 4 is 11.9 Å². The Morgan fingerprint density at radius 1 is 1.30 bits per heavy atom. The van der Waals surface area contributed by atoms with Crippen LogP contribution in [-0.2, 0) is 4.74 Å². The zero-order chi connectivity index (χ0) is 17.1. The second-order valence-electron chi connectivity index (χ2n) is 6.30. The molecule has 1 aromatic heterocycles.